The summed E-state index contributed by atoms with van der Waals surface area (Å²) in [7, 11) is 3.07. The summed E-state index contributed by atoms with van der Waals surface area (Å²) in [5.74, 6) is 0.519. The number of hydrogen-bond acceptors (Lipinski definition) is 4. The van der Waals surface area contributed by atoms with Gasteiger partial charge in [-0.1, -0.05) is 18.2 Å². The van der Waals surface area contributed by atoms with Crippen molar-refractivity contribution in [3.8, 4) is 5.75 Å². The fourth-order valence-electron chi connectivity index (χ4n) is 1.72. The quantitative estimate of drug-likeness (QED) is 0.787. The van der Waals surface area contributed by atoms with Crippen molar-refractivity contribution in [1.82, 2.24) is 5.32 Å². The molecular formula is C13H20N2O3. The summed E-state index contributed by atoms with van der Waals surface area (Å²) in [5.41, 5.74) is 6.36. The minimum Gasteiger partial charge on any atom is -0.496 e. The summed E-state index contributed by atoms with van der Waals surface area (Å²) in [4.78, 5) is 11.8. The molecule has 1 unspecified atom stereocenters. The second-order valence-electron chi connectivity index (χ2n) is 3.93. The Kier molecular flexibility index (Phi) is 5.61. The molecule has 1 amide bonds. The van der Waals surface area contributed by atoms with Crippen LogP contribution in [0.3, 0.4) is 0 Å². The van der Waals surface area contributed by atoms with E-state index in [1.165, 1.54) is 7.11 Å². The Morgan fingerprint density at radius 2 is 2.06 bits per heavy atom. The molecule has 3 N–H and O–H groups in total. The number of methoxy groups -OCH3 is 2. The summed E-state index contributed by atoms with van der Waals surface area (Å²) in [6, 6.07) is 7.38. The number of ether oxygens (including phenoxy) is 2. The van der Waals surface area contributed by atoms with Gasteiger partial charge in [0.25, 0.3) is 5.91 Å². The van der Waals surface area contributed by atoms with E-state index < -0.39 is 6.10 Å². The van der Waals surface area contributed by atoms with Crippen LogP contribution >= 0.6 is 0 Å². The molecule has 0 saturated heterocycles. The smallest absolute Gasteiger partial charge is 0.250 e. The fourth-order valence-corrected chi connectivity index (χ4v) is 1.72. The maximum atomic E-state index is 11.8. The third-order valence-electron chi connectivity index (χ3n) is 2.76. The van der Waals surface area contributed by atoms with Crippen LogP contribution in [-0.2, 0) is 9.53 Å². The van der Waals surface area contributed by atoms with Gasteiger partial charge in [0.05, 0.1) is 13.2 Å². The van der Waals surface area contributed by atoms with E-state index >= 15 is 0 Å². The van der Waals surface area contributed by atoms with Crippen molar-refractivity contribution < 1.29 is 14.3 Å². The molecule has 0 aliphatic rings. The minimum absolute atomic E-state index is 0.154. The van der Waals surface area contributed by atoms with Gasteiger partial charge in [-0.15, -0.1) is 0 Å². The summed E-state index contributed by atoms with van der Waals surface area (Å²) in [6.07, 6.45) is -0.623. The highest BCUT2D eigenvalue weighted by atomic mass is 16.5. The van der Waals surface area contributed by atoms with Gasteiger partial charge in [0.15, 0.2) is 0 Å². The van der Waals surface area contributed by atoms with E-state index in [0.717, 1.165) is 11.3 Å². The Bertz CT molecular complexity index is 392. The molecule has 0 fully saturated rings. The molecule has 1 aromatic carbocycles. The first-order valence-corrected chi connectivity index (χ1v) is 5.80. The molecule has 0 radical (unpaired) electrons. The Balaban J connectivity index is 2.76. The standard InChI is InChI=1S/C13H20N2O3/c1-9(15-13(16)12(8-14)18-3)10-6-4-5-7-11(10)17-2/h4-7,9,12H,8,14H2,1-3H3,(H,15,16)/t9-,12?/m1/s1. The molecule has 100 valence electrons. The van der Waals surface area contributed by atoms with Gasteiger partial charge >= 0.3 is 0 Å². The molecule has 18 heavy (non-hydrogen) atoms. The van der Waals surface area contributed by atoms with Gasteiger partial charge in [-0.3, -0.25) is 4.79 Å². The summed E-state index contributed by atoms with van der Waals surface area (Å²) < 4.78 is 10.2. The van der Waals surface area contributed by atoms with Gasteiger partial charge in [-0.25, -0.2) is 0 Å². The van der Waals surface area contributed by atoms with E-state index in [2.05, 4.69) is 5.32 Å². The number of carbonyl (C=O) groups is 1. The van der Waals surface area contributed by atoms with Crippen LogP contribution in [0.4, 0.5) is 0 Å². The van der Waals surface area contributed by atoms with E-state index in [1.54, 1.807) is 7.11 Å². The lowest BCUT2D eigenvalue weighted by molar-refractivity contribution is -0.131. The predicted octanol–water partition coefficient (Wildman–Crippen LogP) is 0.846. The van der Waals surface area contributed by atoms with Crippen LogP contribution in [-0.4, -0.2) is 32.8 Å². The zero-order valence-corrected chi connectivity index (χ0v) is 11.0. The molecule has 1 aromatic rings. The van der Waals surface area contributed by atoms with Crippen molar-refractivity contribution in [2.75, 3.05) is 20.8 Å². The summed E-state index contributed by atoms with van der Waals surface area (Å²) in [6.45, 7) is 2.04. The second kappa shape index (κ2) is 6.98. The maximum absolute atomic E-state index is 11.8. The molecular weight excluding hydrogens is 232 g/mol. The van der Waals surface area contributed by atoms with E-state index in [1.807, 2.05) is 31.2 Å². The Morgan fingerprint density at radius 3 is 2.61 bits per heavy atom. The molecule has 0 bridgehead atoms. The molecule has 1 rings (SSSR count). The van der Waals surface area contributed by atoms with Crippen molar-refractivity contribution in [3.05, 3.63) is 29.8 Å². The minimum atomic E-state index is -0.623. The Hall–Kier alpha value is -1.59. The summed E-state index contributed by atoms with van der Waals surface area (Å²) in [5, 5.41) is 2.85. The monoisotopic (exact) mass is 252 g/mol. The van der Waals surface area contributed by atoms with Crippen molar-refractivity contribution in [1.29, 1.82) is 0 Å². The molecule has 0 saturated carbocycles. The topological polar surface area (TPSA) is 73.6 Å². The van der Waals surface area contributed by atoms with Crippen molar-refractivity contribution in [2.24, 2.45) is 5.73 Å². The van der Waals surface area contributed by atoms with Gasteiger partial charge in [0, 0.05) is 19.2 Å². The molecule has 0 spiro atoms. The number of benzene rings is 1. The first kappa shape index (κ1) is 14.5. The van der Waals surface area contributed by atoms with Gasteiger partial charge in [0.1, 0.15) is 11.9 Å². The third kappa shape index (κ3) is 3.45. The van der Waals surface area contributed by atoms with Crippen molar-refractivity contribution in [3.63, 3.8) is 0 Å². The average Bonchev–Trinajstić information content (AvgIpc) is 2.40. The largest absolute Gasteiger partial charge is 0.496 e. The first-order chi connectivity index (χ1) is 8.63. The molecule has 5 nitrogen and oxygen atoms in total. The van der Waals surface area contributed by atoms with Gasteiger partial charge in [0.2, 0.25) is 0 Å². The average molecular weight is 252 g/mol. The molecule has 2 atom stereocenters. The lowest BCUT2D eigenvalue weighted by atomic mass is 10.1. The number of amides is 1. The van der Waals surface area contributed by atoms with Crippen LogP contribution in [0.5, 0.6) is 5.75 Å². The number of rotatable bonds is 6. The van der Waals surface area contributed by atoms with E-state index in [-0.39, 0.29) is 18.5 Å². The zero-order chi connectivity index (χ0) is 13.5. The van der Waals surface area contributed by atoms with Crippen molar-refractivity contribution in [2.45, 2.75) is 19.1 Å². The highest BCUT2D eigenvalue weighted by Gasteiger charge is 2.19. The van der Waals surface area contributed by atoms with Crippen LogP contribution < -0.4 is 15.8 Å². The van der Waals surface area contributed by atoms with Gasteiger partial charge in [-0.2, -0.15) is 0 Å². The second-order valence-corrected chi connectivity index (χ2v) is 3.93. The van der Waals surface area contributed by atoms with Crippen LogP contribution in [0.15, 0.2) is 24.3 Å². The zero-order valence-electron chi connectivity index (χ0n) is 11.0. The molecule has 0 aromatic heterocycles. The number of nitrogens with one attached hydrogen (secondary N) is 1. The number of hydrogen-bond donors (Lipinski definition) is 2. The van der Waals surface area contributed by atoms with Crippen molar-refractivity contribution >= 4 is 5.91 Å². The van der Waals surface area contributed by atoms with Crippen LogP contribution in [0, 0.1) is 0 Å². The first-order valence-electron chi connectivity index (χ1n) is 5.80. The summed E-state index contributed by atoms with van der Waals surface area (Å²) >= 11 is 0. The lowest BCUT2D eigenvalue weighted by Crippen LogP contribution is -2.41. The van der Waals surface area contributed by atoms with Gasteiger partial charge in [-0.05, 0) is 13.0 Å². The van der Waals surface area contributed by atoms with Crippen LogP contribution in [0.25, 0.3) is 0 Å². The highest BCUT2D eigenvalue weighted by Crippen LogP contribution is 2.24. The normalized spacial score (nSPS) is 13.8. The van der Waals surface area contributed by atoms with E-state index in [0.29, 0.717) is 0 Å². The molecule has 5 heteroatoms. The highest BCUT2D eigenvalue weighted by molar-refractivity contribution is 5.81. The number of para-hydroxylation sites is 1. The van der Waals surface area contributed by atoms with E-state index in [4.69, 9.17) is 15.2 Å². The lowest BCUT2D eigenvalue weighted by Gasteiger charge is -2.20. The van der Waals surface area contributed by atoms with Crippen LogP contribution in [0.2, 0.25) is 0 Å². The Labute approximate surface area is 107 Å². The fraction of sp³-hybridized carbons (Fsp3) is 0.462. The predicted molar refractivity (Wildman–Crippen MR) is 69.4 cm³/mol. The number of carbonyl (C=O) groups excluding carboxylic acids is 1. The molecule has 0 heterocycles. The Morgan fingerprint density at radius 1 is 1.39 bits per heavy atom. The third-order valence-corrected chi connectivity index (χ3v) is 2.76. The van der Waals surface area contributed by atoms with Gasteiger partial charge < -0.3 is 20.5 Å². The van der Waals surface area contributed by atoms with E-state index in [9.17, 15) is 4.79 Å². The SMILES string of the molecule is COc1ccccc1[C@@H](C)NC(=O)C(CN)OC. The maximum Gasteiger partial charge on any atom is 0.250 e. The number of nitrogens with two attached hydrogens (primary N) is 1. The molecule has 0 aliphatic carbocycles. The molecule has 0 aliphatic heterocycles. The van der Waals surface area contributed by atoms with Crippen LogP contribution in [0.1, 0.15) is 18.5 Å².